The Morgan fingerprint density at radius 3 is 2.69 bits per heavy atom. The highest BCUT2D eigenvalue weighted by atomic mass is 32.2. The third-order valence-corrected chi connectivity index (χ3v) is 6.92. The molecule has 2 aromatic rings. The highest BCUT2D eigenvalue weighted by Crippen LogP contribution is 2.21. The van der Waals surface area contributed by atoms with Crippen LogP contribution >= 0.6 is 11.3 Å². The van der Waals surface area contributed by atoms with E-state index >= 15 is 0 Å². The molecule has 0 atom stereocenters. The van der Waals surface area contributed by atoms with Crippen molar-refractivity contribution in [2.45, 2.75) is 11.4 Å². The zero-order valence-corrected chi connectivity index (χ0v) is 16.0. The molecular weight excluding hydrogens is 374 g/mol. The van der Waals surface area contributed by atoms with Crippen LogP contribution in [0, 0.1) is 0 Å². The van der Waals surface area contributed by atoms with Crippen LogP contribution in [0.4, 0.5) is 5.69 Å². The number of hydrogen-bond acceptors (Lipinski definition) is 7. The Hall–Kier alpha value is -1.85. The van der Waals surface area contributed by atoms with Gasteiger partial charge >= 0.3 is 0 Å². The largest absolute Gasteiger partial charge is 0.325 e. The number of hydrogen-bond donors (Lipinski definition) is 2. The van der Waals surface area contributed by atoms with Crippen molar-refractivity contribution in [2.75, 3.05) is 38.5 Å². The smallest absolute Gasteiger partial charge is 0.275 e. The normalized spacial score (nSPS) is 16.5. The molecule has 2 heterocycles. The fraction of sp³-hybridized carbons (Fsp3) is 0.375. The summed E-state index contributed by atoms with van der Waals surface area (Å²) < 4.78 is 27.1. The summed E-state index contributed by atoms with van der Waals surface area (Å²) in [5.41, 5.74) is 6.18. The first-order valence-electron chi connectivity index (χ1n) is 8.15. The quantitative estimate of drug-likeness (QED) is 0.775. The Labute approximate surface area is 156 Å². The fourth-order valence-electron chi connectivity index (χ4n) is 2.62. The number of sulfonamides is 1. The molecule has 1 aromatic carbocycles. The number of nitrogens with two attached hydrogens (primary N) is 1. The highest BCUT2D eigenvalue weighted by molar-refractivity contribution is 7.89. The average molecular weight is 396 g/mol. The lowest BCUT2D eigenvalue weighted by Crippen LogP contribution is -2.47. The molecule has 1 aliphatic rings. The molecule has 1 fully saturated rings. The zero-order chi connectivity index (χ0) is 18.7. The summed E-state index contributed by atoms with van der Waals surface area (Å²) in [7, 11) is -1.62. The van der Waals surface area contributed by atoms with E-state index in [1.807, 2.05) is 7.05 Å². The molecule has 26 heavy (non-hydrogen) atoms. The molecule has 3 N–H and O–H groups in total. The third kappa shape index (κ3) is 4.10. The Morgan fingerprint density at radius 1 is 1.31 bits per heavy atom. The molecule has 1 saturated heterocycles. The molecule has 3 rings (SSSR count). The Kier molecular flexibility index (Phi) is 5.68. The number of thiazole rings is 1. The Bertz CT molecular complexity index is 889. The first kappa shape index (κ1) is 18.9. The summed E-state index contributed by atoms with van der Waals surface area (Å²) in [6.45, 7) is 2.58. The maximum absolute atomic E-state index is 12.8. The number of amides is 1. The molecule has 1 aromatic heterocycles. The molecule has 1 aliphatic heterocycles. The lowest BCUT2D eigenvalue weighted by atomic mass is 10.3. The minimum absolute atomic E-state index is 0.167. The van der Waals surface area contributed by atoms with Crippen LogP contribution in [0.15, 0.2) is 34.5 Å². The SMILES string of the molecule is CN1CCN(S(=O)(=O)c2cccc(NC(=O)c3csc(CN)n3)c2)CC1. The van der Waals surface area contributed by atoms with Gasteiger partial charge in [0.15, 0.2) is 0 Å². The van der Waals surface area contributed by atoms with Gasteiger partial charge in [-0.3, -0.25) is 4.79 Å². The number of likely N-dealkylation sites (N-methyl/N-ethyl adjacent to an activating group) is 1. The van der Waals surface area contributed by atoms with Crippen LogP contribution in [0.3, 0.4) is 0 Å². The van der Waals surface area contributed by atoms with Crippen molar-refractivity contribution in [1.82, 2.24) is 14.2 Å². The van der Waals surface area contributed by atoms with E-state index in [1.54, 1.807) is 23.6 Å². The summed E-state index contributed by atoms with van der Waals surface area (Å²) in [6, 6.07) is 6.28. The molecule has 10 heteroatoms. The van der Waals surface area contributed by atoms with Gasteiger partial charge in [-0.05, 0) is 25.2 Å². The van der Waals surface area contributed by atoms with Gasteiger partial charge in [-0.25, -0.2) is 13.4 Å². The standard InChI is InChI=1S/C16H21N5O3S2/c1-20-5-7-21(8-6-20)26(23,24)13-4-2-3-12(9-13)18-16(22)14-11-25-15(10-17)19-14/h2-4,9,11H,5-8,10,17H2,1H3,(H,18,22). The number of benzene rings is 1. The van der Waals surface area contributed by atoms with Gasteiger partial charge in [-0.15, -0.1) is 11.3 Å². The molecule has 140 valence electrons. The molecule has 0 unspecified atom stereocenters. The van der Waals surface area contributed by atoms with Gasteiger partial charge in [-0.1, -0.05) is 6.07 Å². The van der Waals surface area contributed by atoms with Gasteiger partial charge in [0.1, 0.15) is 10.7 Å². The molecular formula is C16H21N5O3S2. The summed E-state index contributed by atoms with van der Waals surface area (Å²) in [5, 5.41) is 4.99. The van der Waals surface area contributed by atoms with Crippen LogP contribution in [0.25, 0.3) is 0 Å². The van der Waals surface area contributed by atoms with Gasteiger partial charge in [0.2, 0.25) is 10.0 Å². The maximum Gasteiger partial charge on any atom is 0.275 e. The number of nitrogens with one attached hydrogen (secondary N) is 1. The van der Waals surface area contributed by atoms with Crippen molar-refractivity contribution < 1.29 is 13.2 Å². The van der Waals surface area contributed by atoms with Gasteiger partial charge < -0.3 is 16.0 Å². The summed E-state index contributed by atoms with van der Waals surface area (Å²) >= 11 is 1.31. The van der Waals surface area contributed by atoms with E-state index < -0.39 is 15.9 Å². The van der Waals surface area contributed by atoms with Gasteiger partial charge in [0.05, 0.1) is 4.90 Å². The number of anilines is 1. The zero-order valence-electron chi connectivity index (χ0n) is 14.4. The lowest BCUT2D eigenvalue weighted by molar-refractivity contribution is 0.102. The summed E-state index contributed by atoms with van der Waals surface area (Å²) in [5.74, 6) is -0.393. The number of carbonyl (C=O) groups excluding carboxylic acids is 1. The molecule has 0 bridgehead atoms. The van der Waals surface area contributed by atoms with Crippen molar-refractivity contribution in [3.8, 4) is 0 Å². The fourth-order valence-corrected chi connectivity index (χ4v) is 4.74. The molecule has 0 saturated carbocycles. The van der Waals surface area contributed by atoms with E-state index in [0.29, 0.717) is 36.9 Å². The minimum atomic E-state index is -3.58. The minimum Gasteiger partial charge on any atom is -0.325 e. The van der Waals surface area contributed by atoms with Crippen LogP contribution in [0.1, 0.15) is 15.5 Å². The third-order valence-electron chi connectivity index (χ3n) is 4.15. The van der Waals surface area contributed by atoms with Crippen molar-refractivity contribution >= 4 is 33.0 Å². The van der Waals surface area contributed by atoms with Crippen molar-refractivity contribution in [3.05, 3.63) is 40.3 Å². The van der Waals surface area contributed by atoms with E-state index in [2.05, 4.69) is 15.2 Å². The van der Waals surface area contributed by atoms with E-state index in [1.165, 1.54) is 21.7 Å². The van der Waals surface area contributed by atoms with E-state index in [-0.39, 0.29) is 17.1 Å². The van der Waals surface area contributed by atoms with Crippen molar-refractivity contribution in [2.24, 2.45) is 5.73 Å². The van der Waals surface area contributed by atoms with Crippen LogP contribution < -0.4 is 11.1 Å². The monoisotopic (exact) mass is 395 g/mol. The van der Waals surface area contributed by atoms with Crippen LogP contribution in [-0.2, 0) is 16.6 Å². The molecule has 1 amide bonds. The van der Waals surface area contributed by atoms with Gasteiger partial charge in [-0.2, -0.15) is 4.31 Å². The number of carbonyl (C=O) groups is 1. The van der Waals surface area contributed by atoms with E-state index in [0.717, 1.165) is 0 Å². The maximum atomic E-state index is 12.8. The van der Waals surface area contributed by atoms with Gasteiger partial charge in [0.25, 0.3) is 5.91 Å². The second kappa shape index (κ2) is 7.80. The van der Waals surface area contributed by atoms with Crippen LogP contribution in [-0.4, -0.2) is 61.7 Å². The second-order valence-corrected chi connectivity index (χ2v) is 8.90. The summed E-state index contributed by atoms with van der Waals surface area (Å²) in [4.78, 5) is 18.7. The number of piperazine rings is 1. The molecule has 8 nitrogen and oxygen atoms in total. The highest BCUT2D eigenvalue weighted by Gasteiger charge is 2.27. The van der Waals surface area contributed by atoms with Crippen LogP contribution in [0.2, 0.25) is 0 Å². The first-order chi connectivity index (χ1) is 12.4. The topological polar surface area (TPSA) is 109 Å². The second-order valence-electron chi connectivity index (χ2n) is 6.02. The van der Waals surface area contributed by atoms with Crippen LogP contribution in [0.5, 0.6) is 0 Å². The van der Waals surface area contributed by atoms with Crippen molar-refractivity contribution in [1.29, 1.82) is 0 Å². The number of rotatable bonds is 5. The Morgan fingerprint density at radius 2 is 2.04 bits per heavy atom. The van der Waals surface area contributed by atoms with Gasteiger partial charge in [0, 0.05) is 43.8 Å². The molecule has 0 spiro atoms. The Balaban J connectivity index is 1.76. The lowest BCUT2D eigenvalue weighted by Gasteiger charge is -2.31. The molecule has 0 radical (unpaired) electrons. The molecule has 0 aliphatic carbocycles. The predicted molar refractivity (Wildman–Crippen MR) is 101 cm³/mol. The van der Waals surface area contributed by atoms with E-state index in [4.69, 9.17) is 5.73 Å². The van der Waals surface area contributed by atoms with E-state index in [9.17, 15) is 13.2 Å². The van der Waals surface area contributed by atoms with Crippen molar-refractivity contribution in [3.63, 3.8) is 0 Å². The summed E-state index contributed by atoms with van der Waals surface area (Å²) in [6.07, 6.45) is 0. The average Bonchev–Trinajstić information content (AvgIpc) is 3.12. The first-order valence-corrected chi connectivity index (χ1v) is 10.5. The predicted octanol–water partition coefficient (Wildman–Crippen LogP) is 0.790. The number of aromatic nitrogens is 1. The number of nitrogens with zero attached hydrogens (tertiary/aromatic N) is 3.